The Labute approximate surface area is 128 Å². The number of nitrogens with zero attached hydrogens (tertiary/aromatic N) is 1. The molecule has 0 heterocycles. The van der Waals surface area contributed by atoms with E-state index in [4.69, 9.17) is 0 Å². The van der Waals surface area contributed by atoms with Crippen molar-refractivity contribution in [2.24, 2.45) is 11.8 Å². The number of rotatable bonds is 11. The normalized spacial score (nSPS) is 11.2. The van der Waals surface area contributed by atoms with E-state index in [2.05, 4.69) is 51.5 Å². The Kier molecular flexibility index (Phi) is 13.2. The molecular weight excluding hydrogens is 242 g/mol. The minimum Gasteiger partial charge on any atom is -0.295 e. The Hall–Kier alpha value is -0.480. The Balaban J connectivity index is 3.26. The van der Waals surface area contributed by atoms with Crippen LogP contribution in [0.3, 0.4) is 0 Å². The van der Waals surface area contributed by atoms with Crippen molar-refractivity contribution in [3.05, 3.63) is 0 Å². The predicted molar refractivity (Wildman–Crippen MR) is 91.9 cm³/mol. The summed E-state index contributed by atoms with van der Waals surface area (Å²) in [7, 11) is 2.18. The van der Waals surface area contributed by atoms with Gasteiger partial charge in [0.1, 0.15) is 0 Å². The van der Waals surface area contributed by atoms with Crippen molar-refractivity contribution in [2.45, 2.75) is 79.1 Å². The van der Waals surface area contributed by atoms with Gasteiger partial charge in [0.25, 0.3) is 0 Å². The maximum Gasteiger partial charge on any atom is 0.0599 e. The van der Waals surface area contributed by atoms with Crippen molar-refractivity contribution >= 4 is 0 Å². The lowest BCUT2D eigenvalue weighted by Crippen LogP contribution is -2.19. The van der Waals surface area contributed by atoms with E-state index in [-0.39, 0.29) is 0 Å². The Morgan fingerprint density at radius 3 is 1.90 bits per heavy atom. The van der Waals surface area contributed by atoms with Crippen LogP contribution in [0.2, 0.25) is 0 Å². The third kappa shape index (κ3) is 15.6. The summed E-state index contributed by atoms with van der Waals surface area (Å²) in [4.78, 5) is 2.35. The molecule has 0 bridgehead atoms. The molecule has 0 radical (unpaired) electrons. The van der Waals surface area contributed by atoms with Crippen LogP contribution in [0.5, 0.6) is 0 Å². The average Bonchev–Trinajstić information content (AvgIpc) is 2.36. The number of hydrogen-bond acceptors (Lipinski definition) is 1. The summed E-state index contributed by atoms with van der Waals surface area (Å²) >= 11 is 0. The molecule has 0 N–H and O–H groups in total. The van der Waals surface area contributed by atoms with Gasteiger partial charge in [0.15, 0.2) is 0 Å². The Bertz CT molecular complexity index is 257. The molecule has 20 heavy (non-hydrogen) atoms. The molecule has 0 aliphatic carbocycles. The molecule has 0 aromatic heterocycles. The average molecular weight is 280 g/mol. The van der Waals surface area contributed by atoms with Crippen LogP contribution >= 0.6 is 0 Å². The van der Waals surface area contributed by atoms with Gasteiger partial charge in [0, 0.05) is 5.92 Å². The topological polar surface area (TPSA) is 3.24 Å². The van der Waals surface area contributed by atoms with E-state index in [0.29, 0.717) is 5.92 Å². The third-order valence-electron chi connectivity index (χ3n) is 3.56. The van der Waals surface area contributed by atoms with Crippen molar-refractivity contribution < 1.29 is 0 Å². The van der Waals surface area contributed by atoms with Gasteiger partial charge in [-0.15, -0.1) is 0 Å². The monoisotopic (exact) mass is 279 g/mol. The van der Waals surface area contributed by atoms with E-state index in [9.17, 15) is 0 Å². The lowest BCUT2D eigenvalue weighted by molar-refractivity contribution is 0.360. The molecule has 0 amide bonds. The zero-order valence-corrected chi connectivity index (χ0v) is 14.7. The fraction of sp³-hybridized carbons (Fsp3) is 0.895. The number of hydrogen-bond donors (Lipinski definition) is 0. The smallest absolute Gasteiger partial charge is 0.0599 e. The Morgan fingerprint density at radius 2 is 1.35 bits per heavy atom. The van der Waals surface area contributed by atoms with Gasteiger partial charge >= 0.3 is 0 Å². The molecule has 0 fully saturated rings. The predicted octanol–water partition coefficient (Wildman–Crippen LogP) is 5.35. The standard InChI is InChI=1S/C19H37N/c1-18(2)14-11-9-7-6-8-10-12-16-20(5)17-13-15-19(3)4/h18-19H,6-12,14,16-17H2,1-5H3. The summed E-state index contributed by atoms with van der Waals surface area (Å²) in [6.07, 6.45) is 11.2. The summed E-state index contributed by atoms with van der Waals surface area (Å²) < 4.78 is 0. The SMILES string of the molecule is CC(C)C#CCN(C)CCCCCCCCCC(C)C. The van der Waals surface area contributed by atoms with Crippen LogP contribution < -0.4 is 0 Å². The maximum atomic E-state index is 3.24. The van der Waals surface area contributed by atoms with E-state index in [1.54, 1.807) is 0 Å². The summed E-state index contributed by atoms with van der Waals surface area (Å²) in [6, 6.07) is 0. The number of unbranched alkanes of at least 4 members (excludes halogenated alkanes) is 6. The van der Waals surface area contributed by atoms with Crippen LogP contribution in [-0.4, -0.2) is 25.0 Å². The molecule has 1 nitrogen and oxygen atoms in total. The molecule has 0 atom stereocenters. The van der Waals surface area contributed by atoms with E-state index in [1.165, 1.54) is 57.9 Å². The zero-order valence-electron chi connectivity index (χ0n) is 14.7. The van der Waals surface area contributed by atoms with Crippen LogP contribution in [0, 0.1) is 23.7 Å². The minimum atomic E-state index is 0.499. The van der Waals surface area contributed by atoms with Crippen molar-refractivity contribution in [3.63, 3.8) is 0 Å². The van der Waals surface area contributed by atoms with Crippen LogP contribution in [0.15, 0.2) is 0 Å². The van der Waals surface area contributed by atoms with Gasteiger partial charge < -0.3 is 0 Å². The fourth-order valence-corrected chi connectivity index (χ4v) is 2.28. The van der Waals surface area contributed by atoms with Crippen molar-refractivity contribution in [3.8, 4) is 11.8 Å². The molecule has 0 aliphatic rings. The first kappa shape index (κ1) is 19.5. The van der Waals surface area contributed by atoms with Crippen molar-refractivity contribution in [1.29, 1.82) is 0 Å². The van der Waals surface area contributed by atoms with Gasteiger partial charge in [-0.2, -0.15) is 0 Å². The van der Waals surface area contributed by atoms with Gasteiger partial charge in [-0.05, 0) is 25.9 Å². The van der Waals surface area contributed by atoms with Crippen LogP contribution in [0.25, 0.3) is 0 Å². The molecule has 0 aromatic carbocycles. The lowest BCUT2D eigenvalue weighted by Gasteiger charge is -2.12. The molecular formula is C19H37N. The summed E-state index contributed by atoms with van der Waals surface area (Å²) in [6.45, 7) is 11.1. The van der Waals surface area contributed by atoms with Gasteiger partial charge in [-0.3, -0.25) is 4.90 Å². The van der Waals surface area contributed by atoms with Crippen LogP contribution in [0.4, 0.5) is 0 Å². The first-order chi connectivity index (χ1) is 9.52. The molecule has 0 unspecified atom stereocenters. The zero-order chi connectivity index (χ0) is 15.2. The van der Waals surface area contributed by atoms with Gasteiger partial charge in [0.05, 0.1) is 6.54 Å². The van der Waals surface area contributed by atoms with E-state index >= 15 is 0 Å². The van der Waals surface area contributed by atoms with Gasteiger partial charge in [-0.25, -0.2) is 0 Å². The second kappa shape index (κ2) is 13.5. The van der Waals surface area contributed by atoms with Crippen molar-refractivity contribution in [1.82, 2.24) is 4.90 Å². The highest BCUT2D eigenvalue weighted by molar-refractivity contribution is 5.02. The summed E-state index contributed by atoms with van der Waals surface area (Å²) in [5.74, 6) is 7.85. The molecule has 118 valence electrons. The molecule has 0 saturated carbocycles. The first-order valence-corrected chi connectivity index (χ1v) is 8.69. The quantitative estimate of drug-likeness (QED) is 0.364. The highest BCUT2D eigenvalue weighted by Gasteiger charge is 1.97. The highest BCUT2D eigenvalue weighted by Crippen LogP contribution is 2.12. The molecule has 0 spiro atoms. The van der Waals surface area contributed by atoms with E-state index < -0.39 is 0 Å². The summed E-state index contributed by atoms with van der Waals surface area (Å²) in [5.41, 5.74) is 0. The second-order valence-corrected chi connectivity index (χ2v) is 6.87. The minimum absolute atomic E-state index is 0.499. The van der Waals surface area contributed by atoms with Gasteiger partial charge in [-0.1, -0.05) is 84.5 Å². The second-order valence-electron chi connectivity index (χ2n) is 6.87. The molecule has 0 rings (SSSR count). The maximum absolute atomic E-state index is 3.24. The van der Waals surface area contributed by atoms with E-state index in [1.807, 2.05) is 0 Å². The molecule has 0 aromatic rings. The van der Waals surface area contributed by atoms with Crippen LogP contribution in [0.1, 0.15) is 79.1 Å². The van der Waals surface area contributed by atoms with Gasteiger partial charge in [0.2, 0.25) is 0 Å². The molecule has 0 aliphatic heterocycles. The molecule has 0 saturated heterocycles. The van der Waals surface area contributed by atoms with E-state index in [0.717, 1.165) is 12.5 Å². The lowest BCUT2D eigenvalue weighted by atomic mass is 10.0. The largest absolute Gasteiger partial charge is 0.295 e. The third-order valence-corrected chi connectivity index (χ3v) is 3.56. The fourth-order valence-electron chi connectivity index (χ4n) is 2.28. The van der Waals surface area contributed by atoms with Crippen molar-refractivity contribution in [2.75, 3.05) is 20.1 Å². The highest BCUT2D eigenvalue weighted by atomic mass is 15.1. The molecule has 1 heteroatoms. The Morgan fingerprint density at radius 1 is 0.800 bits per heavy atom. The first-order valence-electron chi connectivity index (χ1n) is 8.69. The summed E-state index contributed by atoms with van der Waals surface area (Å²) in [5, 5.41) is 0. The van der Waals surface area contributed by atoms with Crippen LogP contribution in [-0.2, 0) is 0 Å².